The Morgan fingerprint density at radius 3 is 2.59 bits per heavy atom. The van der Waals surface area contributed by atoms with Crippen LogP contribution in [0.3, 0.4) is 0 Å². The minimum absolute atomic E-state index is 0.133. The van der Waals surface area contributed by atoms with Crippen molar-refractivity contribution in [2.24, 2.45) is 5.92 Å². The van der Waals surface area contributed by atoms with Crippen molar-refractivity contribution in [3.05, 3.63) is 35.4 Å². The standard InChI is InChI=1S/C16H22F2N2O2/c1-11(2)15(20-5-7-22-8-6-20)10-19-16(21)13-4-3-12(17)9-14(13)18/h3-4,9,11,15H,5-8,10H2,1-2H3,(H,19,21). The van der Waals surface area contributed by atoms with Gasteiger partial charge in [-0.25, -0.2) is 8.78 Å². The van der Waals surface area contributed by atoms with Crippen LogP contribution in [0.4, 0.5) is 8.78 Å². The topological polar surface area (TPSA) is 41.6 Å². The van der Waals surface area contributed by atoms with E-state index in [9.17, 15) is 13.6 Å². The zero-order valence-corrected chi connectivity index (χ0v) is 12.9. The van der Waals surface area contributed by atoms with Gasteiger partial charge in [0.25, 0.3) is 5.91 Å². The first kappa shape index (κ1) is 16.8. The quantitative estimate of drug-likeness (QED) is 0.905. The van der Waals surface area contributed by atoms with Gasteiger partial charge in [0.15, 0.2) is 0 Å². The van der Waals surface area contributed by atoms with Crippen LogP contribution in [-0.2, 0) is 4.74 Å². The van der Waals surface area contributed by atoms with Crippen LogP contribution in [-0.4, -0.2) is 49.7 Å². The Balaban J connectivity index is 1.97. The SMILES string of the molecule is CC(C)C(CNC(=O)c1ccc(F)cc1F)N1CCOCC1. The van der Waals surface area contributed by atoms with Gasteiger partial charge in [-0.2, -0.15) is 0 Å². The summed E-state index contributed by atoms with van der Waals surface area (Å²) in [6.07, 6.45) is 0. The molecule has 0 aliphatic carbocycles. The van der Waals surface area contributed by atoms with Crippen LogP contribution < -0.4 is 5.32 Å². The Bertz CT molecular complexity index is 517. The maximum Gasteiger partial charge on any atom is 0.254 e. The Labute approximate surface area is 129 Å². The molecule has 122 valence electrons. The minimum atomic E-state index is -0.843. The fourth-order valence-electron chi connectivity index (χ4n) is 2.66. The molecule has 1 unspecified atom stereocenters. The lowest BCUT2D eigenvalue weighted by atomic mass is 10.0. The lowest BCUT2D eigenvalue weighted by molar-refractivity contribution is 0.00672. The average Bonchev–Trinajstić information content (AvgIpc) is 2.48. The summed E-state index contributed by atoms with van der Waals surface area (Å²) in [4.78, 5) is 14.3. The number of hydrogen-bond donors (Lipinski definition) is 1. The van der Waals surface area contributed by atoms with Gasteiger partial charge >= 0.3 is 0 Å². The van der Waals surface area contributed by atoms with E-state index in [0.29, 0.717) is 25.7 Å². The molecule has 1 N–H and O–H groups in total. The molecule has 1 atom stereocenters. The molecule has 0 bridgehead atoms. The van der Waals surface area contributed by atoms with Gasteiger partial charge in [-0.05, 0) is 18.1 Å². The second-order valence-electron chi connectivity index (χ2n) is 5.79. The molecule has 22 heavy (non-hydrogen) atoms. The summed E-state index contributed by atoms with van der Waals surface area (Å²) in [5.74, 6) is -1.71. The molecule has 1 aromatic rings. The average molecular weight is 312 g/mol. The first-order chi connectivity index (χ1) is 10.5. The largest absolute Gasteiger partial charge is 0.379 e. The summed E-state index contributed by atoms with van der Waals surface area (Å²) in [6.45, 7) is 7.61. The van der Waals surface area contributed by atoms with Crippen LogP contribution in [0.5, 0.6) is 0 Å². The number of rotatable bonds is 5. The molecule has 0 saturated carbocycles. The Morgan fingerprint density at radius 2 is 2.00 bits per heavy atom. The van der Waals surface area contributed by atoms with Crippen LogP contribution in [0.1, 0.15) is 24.2 Å². The van der Waals surface area contributed by atoms with Crippen LogP contribution >= 0.6 is 0 Å². The highest BCUT2D eigenvalue weighted by atomic mass is 19.1. The van der Waals surface area contributed by atoms with Crippen LogP contribution in [0.25, 0.3) is 0 Å². The summed E-state index contributed by atoms with van der Waals surface area (Å²) in [6, 6.07) is 3.13. The predicted molar refractivity (Wildman–Crippen MR) is 79.7 cm³/mol. The van der Waals surface area contributed by atoms with Gasteiger partial charge in [-0.3, -0.25) is 9.69 Å². The lowest BCUT2D eigenvalue weighted by Gasteiger charge is -2.36. The normalized spacial score (nSPS) is 17.5. The molecule has 1 amide bonds. The molecular formula is C16H22F2N2O2. The van der Waals surface area contributed by atoms with Crippen molar-refractivity contribution in [3.63, 3.8) is 0 Å². The van der Waals surface area contributed by atoms with Gasteiger partial charge in [-0.1, -0.05) is 13.8 Å². The molecule has 1 aliphatic rings. The summed E-state index contributed by atoms with van der Waals surface area (Å²) in [5, 5.41) is 2.75. The number of hydrogen-bond acceptors (Lipinski definition) is 3. The third-order valence-corrected chi connectivity index (χ3v) is 3.93. The number of carbonyl (C=O) groups excluding carboxylic acids is 1. The van der Waals surface area contributed by atoms with E-state index < -0.39 is 17.5 Å². The van der Waals surface area contributed by atoms with E-state index >= 15 is 0 Å². The van der Waals surface area contributed by atoms with Crippen LogP contribution in [0.15, 0.2) is 18.2 Å². The Hall–Kier alpha value is -1.53. The zero-order chi connectivity index (χ0) is 16.1. The van der Waals surface area contributed by atoms with Crippen molar-refractivity contribution >= 4 is 5.91 Å². The zero-order valence-electron chi connectivity index (χ0n) is 12.9. The molecule has 1 fully saturated rings. The fraction of sp³-hybridized carbons (Fsp3) is 0.562. The third-order valence-electron chi connectivity index (χ3n) is 3.93. The highest BCUT2D eigenvalue weighted by Crippen LogP contribution is 2.13. The number of ether oxygens (including phenoxy) is 1. The number of nitrogens with zero attached hydrogens (tertiary/aromatic N) is 1. The van der Waals surface area contributed by atoms with Gasteiger partial charge in [0.2, 0.25) is 0 Å². The number of morpholine rings is 1. The van der Waals surface area contributed by atoms with E-state index in [0.717, 1.165) is 25.2 Å². The molecule has 1 aliphatic heterocycles. The van der Waals surface area contributed by atoms with Crippen LogP contribution in [0, 0.1) is 17.6 Å². The number of amides is 1. The van der Waals surface area contributed by atoms with Crippen molar-refractivity contribution in [3.8, 4) is 0 Å². The van der Waals surface area contributed by atoms with Gasteiger partial charge in [0.1, 0.15) is 11.6 Å². The smallest absolute Gasteiger partial charge is 0.254 e. The Morgan fingerprint density at radius 1 is 1.32 bits per heavy atom. The molecule has 0 aromatic heterocycles. The van der Waals surface area contributed by atoms with Gasteiger partial charge in [0.05, 0.1) is 18.8 Å². The van der Waals surface area contributed by atoms with E-state index in [4.69, 9.17) is 4.74 Å². The third kappa shape index (κ3) is 4.24. The monoisotopic (exact) mass is 312 g/mol. The highest BCUT2D eigenvalue weighted by Gasteiger charge is 2.24. The number of halogens is 2. The van der Waals surface area contributed by atoms with Crippen molar-refractivity contribution in [2.45, 2.75) is 19.9 Å². The first-order valence-electron chi connectivity index (χ1n) is 7.54. The minimum Gasteiger partial charge on any atom is -0.379 e. The van der Waals surface area contributed by atoms with Gasteiger partial charge in [-0.15, -0.1) is 0 Å². The maximum atomic E-state index is 13.6. The van der Waals surface area contributed by atoms with E-state index in [1.807, 2.05) is 0 Å². The molecule has 1 saturated heterocycles. The summed E-state index contributed by atoms with van der Waals surface area (Å²) >= 11 is 0. The second-order valence-corrected chi connectivity index (χ2v) is 5.79. The summed E-state index contributed by atoms with van der Waals surface area (Å²) < 4.78 is 31.8. The predicted octanol–water partition coefficient (Wildman–Crippen LogP) is 2.05. The molecule has 2 rings (SSSR count). The number of benzene rings is 1. The van der Waals surface area contributed by atoms with Gasteiger partial charge < -0.3 is 10.1 Å². The van der Waals surface area contributed by atoms with Crippen molar-refractivity contribution in [1.82, 2.24) is 10.2 Å². The number of nitrogens with one attached hydrogen (secondary N) is 1. The van der Waals surface area contributed by atoms with E-state index in [-0.39, 0.29) is 11.6 Å². The molecular weight excluding hydrogens is 290 g/mol. The van der Waals surface area contributed by atoms with Gasteiger partial charge in [0, 0.05) is 31.7 Å². The number of carbonyl (C=O) groups is 1. The molecule has 1 heterocycles. The van der Waals surface area contributed by atoms with E-state index in [2.05, 4.69) is 24.1 Å². The maximum absolute atomic E-state index is 13.6. The van der Waals surface area contributed by atoms with E-state index in [1.54, 1.807) is 0 Å². The van der Waals surface area contributed by atoms with Crippen molar-refractivity contribution in [2.75, 3.05) is 32.8 Å². The fourth-order valence-corrected chi connectivity index (χ4v) is 2.66. The Kier molecular flexibility index (Phi) is 5.85. The first-order valence-corrected chi connectivity index (χ1v) is 7.54. The second kappa shape index (κ2) is 7.65. The molecule has 0 radical (unpaired) electrons. The molecule has 6 heteroatoms. The van der Waals surface area contributed by atoms with Crippen molar-refractivity contribution < 1.29 is 18.3 Å². The highest BCUT2D eigenvalue weighted by molar-refractivity contribution is 5.94. The molecule has 1 aromatic carbocycles. The molecule has 0 spiro atoms. The summed E-state index contributed by atoms with van der Waals surface area (Å²) in [7, 11) is 0. The lowest BCUT2D eigenvalue weighted by Crippen LogP contribution is -2.51. The van der Waals surface area contributed by atoms with E-state index in [1.165, 1.54) is 6.07 Å². The molecule has 4 nitrogen and oxygen atoms in total. The van der Waals surface area contributed by atoms with Crippen LogP contribution in [0.2, 0.25) is 0 Å². The summed E-state index contributed by atoms with van der Waals surface area (Å²) in [5.41, 5.74) is -0.133. The van der Waals surface area contributed by atoms with Crippen molar-refractivity contribution in [1.29, 1.82) is 0 Å².